The van der Waals surface area contributed by atoms with E-state index in [1.807, 2.05) is 12.3 Å². The molecule has 1 aliphatic heterocycles. The van der Waals surface area contributed by atoms with E-state index >= 15 is 0 Å². The highest BCUT2D eigenvalue weighted by Crippen LogP contribution is 2.40. The molecule has 0 saturated carbocycles. The van der Waals surface area contributed by atoms with Gasteiger partial charge in [-0.25, -0.2) is 4.98 Å². The van der Waals surface area contributed by atoms with Crippen LogP contribution in [-0.4, -0.2) is 25.1 Å². The van der Waals surface area contributed by atoms with Gasteiger partial charge in [0.15, 0.2) is 5.13 Å². The molecule has 110 valence electrons. The van der Waals surface area contributed by atoms with Gasteiger partial charge in [-0.2, -0.15) is 0 Å². The molecule has 1 aromatic heterocycles. The molecular formula is C18H17N3S. The Bertz CT molecular complexity index is 782. The van der Waals surface area contributed by atoms with E-state index in [1.54, 1.807) is 11.3 Å². The summed E-state index contributed by atoms with van der Waals surface area (Å²) in [6.45, 7) is 1.98. The molecule has 0 aliphatic carbocycles. The van der Waals surface area contributed by atoms with E-state index in [0.29, 0.717) is 0 Å². The third kappa shape index (κ3) is 2.25. The van der Waals surface area contributed by atoms with Crippen LogP contribution in [-0.2, 0) is 0 Å². The van der Waals surface area contributed by atoms with Gasteiger partial charge in [0.05, 0.1) is 16.3 Å². The highest BCUT2D eigenvalue weighted by Gasteiger charge is 2.23. The van der Waals surface area contributed by atoms with Crippen molar-refractivity contribution < 1.29 is 0 Å². The van der Waals surface area contributed by atoms with Crippen molar-refractivity contribution in [1.29, 1.82) is 0 Å². The van der Waals surface area contributed by atoms with Gasteiger partial charge in [0.25, 0.3) is 0 Å². The normalized spacial score (nSPS) is 14.0. The van der Waals surface area contributed by atoms with E-state index in [2.05, 4.69) is 70.4 Å². The number of benzene rings is 2. The van der Waals surface area contributed by atoms with Crippen LogP contribution in [0.1, 0.15) is 0 Å². The van der Waals surface area contributed by atoms with Crippen LogP contribution in [0.4, 0.5) is 16.5 Å². The zero-order valence-electron chi connectivity index (χ0n) is 12.4. The minimum Gasteiger partial charge on any atom is -0.371 e. The zero-order valence-corrected chi connectivity index (χ0v) is 13.3. The lowest BCUT2D eigenvalue weighted by atomic mass is 10.2. The minimum atomic E-state index is 0.968. The summed E-state index contributed by atoms with van der Waals surface area (Å²) in [5.74, 6) is 0. The topological polar surface area (TPSA) is 19.4 Å². The molecule has 0 spiro atoms. The van der Waals surface area contributed by atoms with E-state index in [4.69, 9.17) is 0 Å². The Morgan fingerprint density at radius 1 is 0.909 bits per heavy atom. The SMILES string of the molecule is CN1CCN(c2ncc(-c3ccccc3)s2)c2ccccc21. The lowest BCUT2D eigenvalue weighted by Crippen LogP contribution is -2.36. The van der Waals surface area contributed by atoms with Crippen molar-refractivity contribution in [3.63, 3.8) is 0 Å². The molecule has 1 aliphatic rings. The Hall–Kier alpha value is -2.33. The maximum absolute atomic E-state index is 4.67. The molecule has 0 atom stereocenters. The van der Waals surface area contributed by atoms with Crippen LogP contribution in [0.2, 0.25) is 0 Å². The summed E-state index contributed by atoms with van der Waals surface area (Å²) >= 11 is 1.75. The van der Waals surface area contributed by atoms with Gasteiger partial charge in [-0.3, -0.25) is 0 Å². The molecule has 22 heavy (non-hydrogen) atoms. The fraction of sp³-hybridized carbons (Fsp3) is 0.167. The average Bonchev–Trinajstić information content (AvgIpc) is 3.06. The molecular weight excluding hydrogens is 290 g/mol. The van der Waals surface area contributed by atoms with Crippen molar-refractivity contribution in [3.05, 3.63) is 60.8 Å². The van der Waals surface area contributed by atoms with Gasteiger partial charge < -0.3 is 9.80 Å². The van der Waals surface area contributed by atoms with E-state index in [0.717, 1.165) is 18.2 Å². The van der Waals surface area contributed by atoms with E-state index in [9.17, 15) is 0 Å². The molecule has 0 bridgehead atoms. The van der Waals surface area contributed by atoms with Crippen molar-refractivity contribution >= 4 is 27.8 Å². The van der Waals surface area contributed by atoms with Crippen LogP contribution >= 0.6 is 11.3 Å². The van der Waals surface area contributed by atoms with Crippen LogP contribution in [0.5, 0.6) is 0 Å². The number of hydrogen-bond donors (Lipinski definition) is 0. The maximum Gasteiger partial charge on any atom is 0.190 e. The number of aromatic nitrogens is 1. The van der Waals surface area contributed by atoms with Gasteiger partial charge >= 0.3 is 0 Å². The summed E-state index contributed by atoms with van der Waals surface area (Å²) in [7, 11) is 2.15. The van der Waals surface area contributed by atoms with Crippen molar-refractivity contribution in [1.82, 2.24) is 4.98 Å². The predicted molar refractivity (Wildman–Crippen MR) is 94.3 cm³/mol. The number of rotatable bonds is 2. The molecule has 2 aromatic carbocycles. The number of likely N-dealkylation sites (N-methyl/N-ethyl adjacent to an activating group) is 1. The molecule has 0 amide bonds. The quantitative estimate of drug-likeness (QED) is 0.699. The standard InChI is InChI=1S/C18H17N3S/c1-20-11-12-21(16-10-6-5-9-15(16)20)18-19-13-17(22-18)14-7-3-2-4-8-14/h2-10,13H,11-12H2,1H3. The van der Waals surface area contributed by atoms with Crippen molar-refractivity contribution in [3.8, 4) is 10.4 Å². The first kappa shape index (κ1) is 13.3. The Morgan fingerprint density at radius 3 is 2.45 bits per heavy atom. The number of thiazole rings is 1. The molecule has 2 heterocycles. The number of hydrogen-bond acceptors (Lipinski definition) is 4. The van der Waals surface area contributed by atoms with Gasteiger partial charge in [-0.05, 0) is 17.7 Å². The van der Waals surface area contributed by atoms with Gasteiger partial charge in [0.1, 0.15) is 0 Å². The van der Waals surface area contributed by atoms with Crippen LogP contribution < -0.4 is 9.80 Å². The molecule has 3 aromatic rings. The fourth-order valence-electron chi connectivity index (χ4n) is 2.83. The van der Waals surface area contributed by atoms with E-state index in [-0.39, 0.29) is 0 Å². The highest BCUT2D eigenvalue weighted by atomic mass is 32.1. The summed E-state index contributed by atoms with van der Waals surface area (Å²) in [6, 6.07) is 19.0. The first-order valence-corrected chi connectivity index (χ1v) is 8.23. The number of para-hydroxylation sites is 2. The maximum atomic E-state index is 4.67. The summed E-state index contributed by atoms with van der Waals surface area (Å²) in [5.41, 5.74) is 3.74. The average molecular weight is 307 g/mol. The fourth-order valence-corrected chi connectivity index (χ4v) is 3.79. The largest absolute Gasteiger partial charge is 0.371 e. The summed E-state index contributed by atoms with van der Waals surface area (Å²) in [4.78, 5) is 10.5. The number of nitrogens with zero attached hydrogens (tertiary/aromatic N) is 3. The smallest absolute Gasteiger partial charge is 0.190 e. The molecule has 0 unspecified atom stereocenters. The molecule has 3 nitrogen and oxygen atoms in total. The van der Waals surface area contributed by atoms with Crippen molar-refractivity contribution in [2.24, 2.45) is 0 Å². The van der Waals surface area contributed by atoms with E-state index in [1.165, 1.54) is 21.8 Å². The minimum absolute atomic E-state index is 0.968. The number of fused-ring (bicyclic) bond motifs is 1. The molecule has 0 saturated heterocycles. The molecule has 0 fully saturated rings. The summed E-state index contributed by atoms with van der Waals surface area (Å²) in [5, 5.41) is 1.07. The summed E-state index contributed by atoms with van der Waals surface area (Å²) in [6.07, 6.45) is 1.98. The Kier molecular flexibility index (Phi) is 3.31. The van der Waals surface area contributed by atoms with Crippen molar-refractivity contribution in [2.75, 3.05) is 29.9 Å². The number of anilines is 3. The van der Waals surface area contributed by atoms with Crippen molar-refractivity contribution in [2.45, 2.75) is 0 Å². The van der Waals surface area contributed by atoms with Gasteiger partial charge in [-0.1, -0.05) is 53.8 Å². The van der Waals surface area contributed by atoms with Gasteiger partial charge in [-0.15, -0.1) is 0 Å². The second-order valence-electron chi connectivity index (χ2n) is 5.44. The van der Waals surface area contributed by atoms with Crippen LogP contribution in [0.25, 0.3) is 10.4 Å². The first-order chi connectivity index (χ1) is 10.8. The van der Waals surface area contributed by atoms with Crippen LogP contribution in [0, 0.1) is 0 Å². The van der Waals surface area contributed by atoms with Crippen LogP contribution in [0.15, 0.2) is 60.8 Å². The third-order valence-corrected chi connectivity index (χ3v) is 5.09. The van der Waals surface area contributed by atoms with Gasteiger partial charge in [0, 0.05) is 26.3 Å². The Morgan fingerprint density at radius 2 is 1.64 bits per heavy atom. The molecule has 4 rings (SSSR count). The molecule has 4 heteroatoms. The lowest BCUT2D eigenvalue weighted by molar-refractivity contribution is 0.819. The molecule has 0 radical (unpaired) electrons. The second-order valence-corrected chi connectivity index (χ2v) is 6.44. The summed E-state index contributed by atoms with van der Waals surface area (Å²) < 4.78 is 0. The highest BCUT2D eigenvalue weighted by molar-refractivity contribution is 7.19. The monoisotopic (exact) mass is 307 g/mol. The van der Waals surface area contributed by atoms with E-state index < -0.39 is 0 Å². The third-order valence-electron chi connectivity index (χ3n) is 4.03. The molecule has 0 N–H and O–H groups in total. The van der Waals surface area contributed by atoms with Crippen LogP contribution in [0.3, 0.4) is 0 Å². The predicted octanol–water partition coefficient (Wildman–Crippen LogP) is 4.40. The Labute approximate surface area is 134 Å². The van der Waals surface area contributed by atoms with Gasteiger partial charge in [0.2, 0.25) is 0 Å². The lowest BCUT2D eigenvalue weighted by Gasteiger charge is -2.35. The first-order valence-electron chi connectivity index (χ1n) is 7.42. The zero-order chi connectivity index (χ0) is 14.9. The second kappa shape index (κ2) is 5.46. The Balaban J connectivity index is 1.72.